The summed E-state index contributed by atoms with van der Waals surface area (Å²) < 4.78 is 12.9. The zero-order chi connectivity index (χ0) is 9.35. The Balaban J connectivity index is 3.04. The predicted molar refractivity (Wildman–Crippen MR) is 46.6 cm³/mol. The van der Waals surface area contributed by atoms with E-state index in [9.17, 15) is 4.39 Å². The van der Waals surface area contributed by atoms with Gasteiger partial charge < -0.3 is 4.98 Å². The van der Waals surface area contributed by atoms with Gasteiger partial charge >= 0.3 is 0 Å². The van der Waals surface area contributed by atoms with Crippen LogP contribution < -0.4 is 0 Å². The highest BCUT2D eigenvalue weighted by Crippen LogP contribution is 2.24. The van der Waals surface area contributed by atoms with E-state index in [4.69, 9.17) is 0 Å². The van der Waals surface area contributed by atoms with Crippen LogP contribution in [0.4, 0.5) is 4.39 Å². The molecule has 0 bridgehead atoms. The van der Waals surface area contributed by atoms with Crippen molar-refractivity contribution >= 4 is 0 Å². The van der Waals surface area contributed by atoms with Crippen LogP contribution in [-0.4, -0.2) is 9.97 Å². The number of rotatable bonds is 2. The molecule has 0 unspecified atom stereocenters. The number of aryl methyl sites for hydroxylation is 1. The van der Waals surface area contributed by atoms with Crippen LogP contribution in [-0.2, 0) is 5.41 Å². The largest absolute Gasteiger partial charge is 0.343 e. The molecule has 0 aliphatic heterocycles. The summed E-state index contributed by atoms with van der Waals surface area (Å²) in [5.41, 5.74) is 0.460. The molecule has 1 N–H and O–H groups in total. The molecular weight excluding hydrogens is 155 g/mol. The Labute approximate surface area is 72.2 Å². The number of aromatic nitrogens is 2. The fraction of sp³-hybridized carbons (Fsp3) is 0.667. The molecule has 1 aromatic heterocycles. The van der Waals surface area contributed by atoms with Crippen molar-refractivity contribution < 1.29 is 4.39 Å². The number of halogens is 1. The minimum atomic E-state index is -0.383. The van der Waals surface area contributed by atoms with Gasteiger partial charge in [0.15, 0.2) is 0 Å². The van der Waals surface area contributed by atoms with Crippen LogP contribution in [0.25, 0.3) is 0 Å². The Kier molecular flexibility index (Phi) is 2.22. The highest BCUT2D eigenvalue weighted by molar-refractivity contribution is 5.09. The molecule has 0 radical (unpaired) electrons. The van der Waals surface area contributed by atoms with Gasteiger partial charge in [-0.05, 0) is 13.3 Å². The molecule has 2 nitrogen and oxygen atoms in total. The van der Waals surface area contributed by atoms with Gasteiger partial charge in [-0.1, -0.05) is 20.8 Å². The lowest BCUT2D eigenvalue weighted by Gasteiger charge is -2.18. The summed E-state index contributed by atoms with van der Waals surface area (Å²) in [5.74, 6) is 0.353. The average molecular weight is 170 g/mol. The van der Waals surface area contributed by atoms with Gasteiger partial charge in [-0.2, -0.15) is 4.39 Å². The molecule has 1 rings (SSSR count). The smallest absolute Gasteiger partial charge is 0.233 e. The zero-order valence-corrected chi connectivity index (χ0v) is 8.03. The first-order valence-corrected chi connectivity index (χ1v) is 4.20. The first-order valence-electron chi connectivity index (χ1n) is 4.20. The van der Waals surface area contributed by atoms with Crippen molar-refractivity contribution in [2.45, 2.75) is 39.5 Å². The standard InChI is InChI=1S/C9H15FN2/c1-5-9(3,4)8-11-6(2)7(10)12-8/h5H2,1-4H3,(H,11,12). The fourth-order valence-corrected chi connectivity index (χ4v) is 0.927. The third kappa shape index (κ3) is 1.49. The summed E-state index contributed by atoms with van der Waals surface area (Å²) >= 11 is 0. The van der Waals surface area contributed by atoms with E-state index in [0.29, 0.717) is 5.69 Å². The van der Waals surface area contributed by atoms with Crippen molar-refractivity contribution in [1.82, 2.24) is 9.97 Å². The van der Waals surface area contributed by atoms with Crippen LogP contribution >= 0.6 is 0 Å². The van der Waals surface area contributed by atoms with Crippen molar-refractivity contribution in [1.29, 1.82) is 0 Å². The first kappa shape index (κ1) is 9.23. The van der Waals surface area contributed by atoms with E-state index >= 15 is 0 Å². The number of imidazole rings is 1. The molecule has 68 valence electrons. The Morgan fingerprint density at radius 1 is 1.50 bits per heavy atom. The average Bonchev–Trinajstić information content (AvgIpc) is 2.33. The summed E-state index contributed by atoms with van der Waals surface area (Å²) in [6.45, 7) is 7.85. The number of nitrogens with one attached hydrogen (secondary N) is 1. The molecule has 0 amide bonds. The van der Waals surface area contributed by atoms with Crippen LogP contribution in [0.15, 0.2) is 0 Å². The van der Waals surface area contributed by atoms with Gasteiger partial charge in [0.1, 0.15) is 5.82 Å². The van der Waals surface area contributed by atoms with Gasteiger partial charge in [0, 0.05) is 5.41 Å². The molecule has 3 heteroatoms. The maximum atomic E-state index is 12.9. The van der Waals surface area contributed by atoms with Crippen molar-refractivity contribution in [3.63, 3.8) is 0 Å². The molecule has 0 aliphatic carbocycles. The molecule has 1 aromatic rings. The lowest BCUT2D eigenvalue weighted by molar-refractivity contribution is 0.469. The van der Waals surface area contributed by atoms with E-state index in [-0.39, 0.29) is 11.4 Å². The van der Waals surface area contributed by atoms with Gasteiger partial charge in [-0.3, -0.25) is 0 Å². The van der Waals surface area contributed by atoms with E-state index in [1.54, 1.807) is 6.92 Å². The van der Waals surface area contributed by atoms with Crippen LogP contribution in [0, 0.1) is 12.9 Å². The summed E-state index contributed by atoms with van der Waals surface area (Å²) in [7, 11) is 0. The Morgan fingerprint density at radius 3 is 2.42 bits per heavy atom. The molecule has 12 heavy (non-hydrogen) atoms. The van der Waals surface area contributed by atoms with Gasteiger partial charge in [-0.25, -0.2) is 4.98 Å². The van der Waals surface area contributed by atoms with Gasteiger partial charge in [-0.15, -0.1) is 0 Å². The van der Waals surface area contributed by atoms with E-state index in [1.165, 1.54) is 0 Å². The minimum absolute atomic E-state index is 0.0604. The second kappa shape index (κ2) is 2.88. The molecule has 0 atom stereocenters. The minimum Gasteiger partial charge on any atom is -0.343 e. The molecule has 0 saturated carbocycles. The van der Waals surface area contributed by atoms with Crippen LogP contribution in [0.5, 0.6) is 0 Å². The quantitative estimate of drug-likeness (QED) is 0.726. The van der Waals surface area contributed by atoms with Crippen molar-refractivity contribution in [2.75, 3.05) is 0 Å². The zero-order valence-electron chi connectivity index (χ0n) is 8.03. The maximum absolute atomic E-state index is 12.9. The van der Waals surface area contributed by atoms with Gasteiger partial charge in [0.25, 0.3) is 0 Å². The number of nitrogens with zero attached hydrogens (tertiary/aromatic N) is 1. The third-order valence-corrected chi connectivity index (χ3v) is 2.35. The molecule has 0 aliphatic rings. The molecule has 0 spiro atoms. The summed E-state index contributed by atoms with van der Waals surface area (Å²) in [5, 5.41) is 0. The molecular formula is C9H15FN2. The summed E-state index contributed by atoms with van der Waals surface area (Å²) in [6, 6.07) is 0. The van der Waals surface area contributed by atoms with Crippen molar-refractivity contribution in [2.24, 2.45) is 0 Å². The maximum Gasteiger partial charge on any atom is 0.233 e. The highest BCUT2D eigenvalue weighted by atomic mass is 19.1. The van der Waals surface area contributed by atoms with Crippen molar-refractivity contribution in [3.05, 3.63) is 17.5 Å². The Morgan fingerprint density at radius 2 is 2.08 bits per heavy atom. The van der Waals surface area contributed by atoms with Crippen LogP contribution in [0.1, 0.15) is 38.7 Å². The van der Waals surface area contributed by atoms with Crippen LogP contribution in [0.2, 0.25) is 0 Å². The lowest BCUT2D eigenvalue weighted by atomic mass is 9.90. The van der Waals surface area contributed by atoms with Crippen molar-refractivity contribution in [3.8, 4) is 0 Å². The van der Waals surface area contributed by atoms with E-state index < -0.39 is 0 Å². The second-order valence-electron chi connectivity index (χ2n) is 3.74. The van der Waals surface area contributed by atoms with Crippen LogP contribution in [0.3, 0.4) is 0 Å². The SMILES string of the molecule is CCC(C)(C)c1nc(F)c(C)[nH]1. The lowest BCUT2D eigenvalue weighted by Crippen LogP contribution is -2.17. The van der Waals surface area contributed by atoms with Gasteiger partial charge in [0.2, 0.25) is 5.95 Å². The second-order valence-corrected chi connectivity index (χ2v) is 3.74. The number of H-pyrrole nitrogens is 1. The Hall–Kier alpha value is -0.860. The third-order valence-electron chi connectivity index (χ3n) is 2.35. The number of hydrogen-bond donors (Lipinski definition) is 1. The summed E-state index contributed by atoms with van der Waals surface area (Å²) in [6.07, 6.45) is 0.944. The first-order chi connectivity index (χ1) is 5.47. The monoisotopic (exact) mass is 170 g/mol. The fourth-order valence-electron chi connectivity index (χ4n) is 0.927. The Bertz CT molecular complexity index is 257. The summed E-state index contributed by atoms with van der Waals surface area (Å²) in [4.78, 5) is 6.78. The van der Waals surface area contributed by atoms with Gasteiger partial charge in [0.05, 0.1) is 5.69 Å². The number of aromatic amines is 1. The van der Waals surface area contributed by atoms with E-state index in [1.807, 2.05) is 13.8 Å². The predicted octanol–water partition coefficient (Wildman–Crippen LogP) is 2.54. The molecule has 0 aromatic carbocycles. The highest BCUT2D eigenvalue weighted by Gasteiger charge is 2.22. The topological polar surface area (TPSA) is 28.7 Å². The van der Waals surface area contributed by atoms with E-state index in [0.717, 1.165) is 12.2 Å². The molecule has 0 saturated heterocycles. The van der Waals surface area contributed by atoms with E-state index in [2.05, 4.69) is 16.9 Å². The molecule has 1 heterocycles. The number of hydrogen-bond acceptors (Lipinski definition) is 1. The normalized spacial score (nSPS) is 12.1. The molecule has 0 fully saturated rings.